The van der Waals surface area contributed by atoms with Crippen LogP contribution in [-0.2, 0) is 9.53 Å². The maximum atomic E-state index is 12.0. The molecule has 0 radical (unpaired) electrons. The zero-order chi connectivity index (χ0) is 14.3. The van der Waals surface area contributed by atoms with E-state index in [9.17, 15) is 4.79 Å². The number of hydrogen-bond acceptors (Lipinski definition) is 3. The first-order valence-electron chi connectivity index (χ1n) is 7.76. The third-order valence-corrected chi connectivity index (χ3v) is 4.33. The van der Waals surface area contributed by atoms with Crippen molar-refractivity contribution in [3.63, 3.8) is 0 Å². The smallest absolute Gasteiger partial charge is 0.237 e. The lowest BCUT2D eigenvalue weighted by Crippen LogP contribution is -2.51. The minimum atomic E-state index is -0.361. The predicted octanol–water partition coefficient (Wildman–Crippen LogP) is 2.36. The summed E-state index contributed by atoms with van der Waals surface area (Å²) in [4.78, 5) is 12.0. The Labute approximate surface area is 117 Å². The summed E-state index contributed by atoms with van der Waals surface area (Å²) >= 11 is 0. The van der Waals surface area contributed by atoms with E-state index < -0.39 is 0 Å². The molecule has 0 aromatic heterocycles. The van der Waals surface area contributed by atoms with E-state index in [2.05, 4.69) is 26.1 Å². The Morgan fingerprint density at radius 1 is 1.42 bits per heavy atom. The summed E-state index contributed by atoms with van der Waals surface area (Å²) in [5.41, 5.74) is 5.86. The van der Waals surface area contributed by atoms with Gasteiger partial charge in [-0.3, -0.25) is 4.79 Å². The lowest BCUT2D eigenvalue weighted by Gasteiger charge is -2.40. The number of nitrogens with one attached hydrogen (secondary N) is 1. The van der Waals surface area contributed by atoms with E-state index in [1.54, 1.807) is 0 Å². The molecule has 0 aromatic rings. The molecule has 1 aliphatic rings. The zero-order valence-electron chi connectivity index (χ0n) is 12.7. The molecule has 1 fully saturated rings. The molecule has 0 spiro atoms. The number of nitrogens with two attached hydrogens (primary N) is 1. The summed E-state index contributed by atoms with van der Waals surface area (Å²) in [6, 6.07) is -0.144. The summed E-state index contributed by atoms with van der Waals surface area (Å²) in [6.45, 7) is 7.15. The first-order valence-corrected chi connectivity index (χ1v) is 7.76. The van der Waals surface area contributed by atoms with E-state index >= 15 is 0 Å². The normalized spacial score (nSPS) is 23.9. The van der Waals surface area contributed by atoms with Crippen LogP contribution >= 0.6 is 0 Å². The zero-order valence-corrected chi connectivity index (χ0v) is 12.7. The molecule has 0 aromatic carbocycles. The highest BCUT2D eigenvalue weighted by Crippen LogP contribution is 2.31. The lowest BCUT2D eigenvalue weighted by atomic mass is 9.86. The van der Waals surface area contributed by atoms with Gasteiger partial charge in [0.05, 0.1) is 11.6 Å². The molecular weight excluding hydrogens is 240 g/mol. The molecule has 1 rings (SSSR count). The molecule has 19 heavy (non-hydrogen) atoms. The average Bonchev–Trinajstić information content (AvgIpc) is 2.44. The SMILES string of the molecule is CCCC[C@H](N)C(=O)NC1CCOC(CC)(CC)C1. The van der Waals surface area contributed by atoms with Crippen molar-refractivity contribution in [2.24, 2.45) is 5.73 Å². The van der Waals surface area contributed by atoms with Crippen molar-refractivity contribution in [3.8, 4) is 0 Å². The van der Waals surface area contributed by atoms with Crippen LogP contribution in [0.2, 0.25) is 0 Å². The third-order valence-electron chi connectivity index (χ3n) is 4.33. The van der Waals surface area contributed by atoms with Crippen molar-refractivity contribution >= 4 is 5.91 Å². The van der Waals surface area contributed by atoms with Gasteiger partial charge in [0, 0.05) is 12.6 Å². The number of ether oxygens (including phenoxy) is 1. The fourth-order valence-corrected chi connectivity index (χ4v) is 2.76. The van der Waals surface area contributed by atoms with Gasteiger partial charge >= 0.3 is 0 Å². The summed E-state index contributed by atoms with van der Waals surface area (Å²) in [5, 5.41) is 3.11. The van der Waals surface area contributed by atoms with Crippen LogP contribution in [0.4, 0.5) is 0 Å². The van der Waals surface area contributed by atoms with Crippen molar-refractivity contribution < 1.29 is 9.53 Å². The number of carbonyl (C=O) groups is 1. The molecule has 1 aliphatic heterocycles. The van der Waals surface area contributed by atoms with E-state index in [1.165, 1.54) is 0 Å². The van der Waals surface area contributed by atoms with Crippen LogP contribution in [0, 0.1) is 0 Å². The van der Waals surface area contributed by atoms with Gasteiger partial charge in [-0.2, -0.15) is 0 Å². The monoisotopic (exact) mass is 270 g/mol. The molecule has 1 saturated heterocycles. The number of amides is 1. The van der Waals surface area contributed by atoms with Crippen LogP contribution in [-0.4, -0.2) is 30.2 Å². The first-order chi connectivity index (χ1) is 9.06. The van der Waals surface area contributed by atoms with Crippen molar-refractivity contribution in [3.05, 3.63) is 0 Å². The molecule has 3 N–H and O–H groups in total. The number of unbranched alkanes of at least 4 members (excludes halogenated alkanes) is 1. The number of rotatable bonds is 7. The van der Waals surface area contributed by atoms with Gasteiger partial charge in [-0.25, -0.2) is 0 Å². The average molecular weight is 270 g/mol. The molecule has 4 heteroatoms. The Morgan fingerprint density at radius 3 is 2.68 bits per heavy atom. The number of hydrogen-bond donors (Lipinski definition) is 2. The van der Waals surface area contributed by atoms with E-state index in [0.29, 0.717) is 0 Å². The van der Waals surface area contributed by atoms with Crippen LogP contribution in [0.5, 0.6) is 0 Å². The topological polar surface area (TPSA) is 64.4 Å². The van der Waals surface area contributed by atoms with Gasteiger partial charge in [-0.15, -0.1) is 0 Å². The molecule has 1 heterocycles. The highest BCUT2D eigenvalue weighted by molar-refractivity contribution is 5.81. The van der Waals surface area contributed by atoms with Crippen molar-refractivity contribution in [2.75, 3.05) is 6.61 Å². The summed E-state index contributed by atoms with van der Waals surface area (Å²) in [5.74, 6) is 0.00135. The van der Waals surface area contributed by atoms with E-state index in [1.807, 2.05) is 0 Å². The number of carbonyl (C=O) groups excluding carboxylic acids is 1. The molecule has 4 nitrogen and oxygen atoms in total. The molecule has 0 aliphatic carbocycles. The van der Waals surface area contributed by atoms with Crippen molar-refractivity contribution in [1.82, 2.24) is 5.32 Å². The minimum absolute atomic E-state index is 0.00135. The lowest BCUT2D eigenvalue weighted by molar-refractivity contribution is -0.127. The van der Waals surface area contributed by atoms with Crippen molar-refractivity contribution in [2.45, 2.75) is 83.4 Å². The van der Waals surface area contributed by atoms with Gasteiger partial charge in [0.25, 0.3) is 0 Å². The van der Waals surface area contributed by atoms with Crippen LogP contribution < -0.4 is 11.1 Å². The highest BCUT2D eigenvalue weighted by Gasteiger charge is 2.35. The van der Waals surface area contributed by atoms with Gasteiger partial charge in [0.15, 0.2) is 0 Å². The third kappa shape index (κ3) is 4.77. The second-order valence-electron chi connectivity index (χ2n) is 5.69. The maximum absolute atomic E-state index is 12.0. The highest BCUT2D eigenvalue weighted by atomic mass is 16.5. The molecular formula is C15H30N2O2. The standard InChI is InChI=1S/C15H30N2O2/c1-4-7-8-13(16)14(18)17-12-9-10-19-15(5-2,6-3)11-12/h12-13H,4-11,16H2,1-3H3,(H,17,18)/t12?,13-/m0/s1. The van der Waals surface area contributed by atoms with Gasteiger partial charge in [-0.05, 0) is 32.1 Å². The van der Waals surface area contributed by atoms with Crippen molar-refractivity contribution in [1.29, 1.82) is 0 Å². The molecule has 2 atom stereocenters. The minimum Gasteiger partial charge on any atom is -0.375 e. The molecule has 0 saturated carbocycles. The van der Waals surface area contributed by atoms with E-state index in [0.717, 1.165) is 51.6 Å². The predicted molar refractivity (Wildman–Crippen MR) is 77.9 cm³/mol. The molecule has 1 unspecified atom stereocenters. The fourth-order valence-electron chi connectivity index (χ4n) is 2.76. The second kappa shape index (κ2) is 7.85. The maximum Gasteiger partial charge on any atom is 0.237 e. The Balaban J connectivity index is 2.45. The fraction of sp³-hybridized carbons (Fsp3) is 0.933. The molecule has 112 valence electrons. The molecule has 0 bridgehead atoms. The summed E-state index contributed by atoms with van der Waals surface area (Å²) < 4.78 is 5.92. The van der Waals surface area contributed by atoms with Gasteiger partial charge < -0.3 is 15.8 Å². The van der Waals surface area contributed by atoms with Crippen LogP contribution in [0.25, 0.3) is 0 Å². The summed E-state index contributed by atoms with van der Waals surface area (Å²) in [7, 11) is 0. The van der Waals surface area contributed by atoms with E-state index in [4.69, 9.17) is 10.5 Å². The van der Waals surface area contributed by atoms with Gasteiger partial charge in [0.2, 0.25) is 5.91 Å². The van der Waals surface area contributed by atoms with Crippen LogP contribution in [0.1, 0.15) is 65.7 Å². The van der Waals surface area contributed by atoms with Gasteiger partial charge in [0.1, 0.15) is 0 Å². The Kier molecular flexibility index (Phi) is 6.80. The Hall–Kier alpha value is -0.610. The molecule has 1 amide bonds. The Morgan fingerprint density at radius 2 is 2.11 bits per heavy atom. The Bertz CT molecular complexity index is 277. The summed E-state index contributed by atoms with van der Waals surface area (Å²) in [6.07, 6.45) is 6.66. The van der Waals surface area contributed by atoms with E-state index in [-0.39, 0.29) is 23.6 Å². The van der Waals surface area contributed by atoms with Gasteiger partial charge in [-0.1, -0.05) is 33.6 Å². The second-order valence-corrected chi connectivity index (χ2v) is 5.69. The first kappa shape index (κ1) is 16.4. The quantitative estimate of drug-likeness (QED) is 0.746. The van der Waals surface area contributed by atoms with Crippen LogP contribution in [0.3, 0.4) is 0 Å². The largest absolute Gasteiger partial charge is 0.375 e. The van der Waals surface area contributed by atoms with Crippen LogP contribution in [0.15, 0.2) is 0 Å².